The number of methoxy groups -OCH3 is 1. The molecule has 3 N–H and O–H groups in total. The molecule has 1 amide bonds. The lowest BCUT2D eigenvalue weighted by atomic mass is 10.2. The smallest absolute Gasteiger partial charge is 0.328 e. The fraction of sp³-hybridized carbons (Fsp3) is 0.438. The number of nitrogens with one attached hydrogen (secondary N) is 3. The maximum absolute atomic E-state index is 12.0. The van der Waals surface area contributed by atoms with E-state index in [1.165, 1.54) is 4.57 Å². The summed E-state index contributed by atoms with van der Waals surface area (Å²) in [4.78, 5) is 37.9. The van der Waals surface area contributed by atoms with Crippen LogP contribution >= 0.6 is 12.4 Å². The predicted molar refractivity (Wildman–Crippen MR) is 98.4 cm³/mol. The van der Waals surface area contributed by atoms with Gasteiger partial charge in [-0.2, -0.15) is 0 Å². The lowest BCUT2D eigenvalue weighted by Crippen LogP contribution is -2.35. The van der Waals surface area contributed by atoms with Gasteiger partial charge in [0.2, 0.25) is 5.91 Å². The molecule has 0 aliphatic carbocycles. The highest BCUT2D eigenvalue weighted by Gasteiger charge is 2.08. The van der Waals surface area contributed by atoms with E-state index in [2.05, 4.69) is 15.6 Å². The van der Waals surface area contributed by atoms with Crippen molar-refractivity contribution < 1.29 is 9.53 Å². The van der Waals surface area contributed by atoms with Gasteiger partial charge in [-0.1, -0.05) is 12.1 Å². The van der Waals surface area contributed by atoms with Crippen molar-refractivity contribution in [3.05, 3.63) is 45.1 Å². The van der Waals surface area contributed by atoms with Crippen molar-refractivity contribution in [3.8, 4) is 0 Å². The molecule has 1 aromatic carbocycles. The van der Waals surface area contributed by atoms with Gasteiger partial charge in [0.15, 0.2) is 0 Å². The molecule has 0 fully saturated rings. The van der Waals surface area contributed by atoms with Crippen LogP contribution < -0.4 is 21.9 Å². The molecule has 25 heavy (non-hydrogen) atoms. The average Bonchev–Trinajstić information content (AvgIpc) is 2.58. The van der Waals surface area contributed by atoms with E-state index in [1.807, 2.05) is 0 Å². The van der Waals surface area contributed by atoms with Gasteiger partial charge in [0.05, 0.1) is 17.5 Å². The number of para-hydroxylation sites is 1. The maximum atomic E-state index is 12.0. The van der Waals surface area contributed by atoms with E-state index in [0.717, 1.165) is 6.54 Å². The Labute approximate surface area is 151 Å². The summed E-state index contributed by atoms with van der Waals surface area (Å²) in [7, 11) is 1.63. The van der Waals surface area contributed by atoms with E-state index in [0.29, 0.717) is 30.6 Å². The first kappa shape index (κ1) is 20.9. The van der Waals surface area contributed by atoms with Gasteiger partial charge in [0.25, 0.3) is 5.56 Å². The van der Waals surface area contributed by atoms with Crippen LogP contribution in [-0.4, -0.2) is 48.8 Å². The molecule has 0 bridgehead atoms. The molecule has 2 rings (SSSR count). The summed E-state index contributed by atoms with van der Waals surface area (Å²) in [6.07, 6.45) is 0.161. The molecule has 0 aliphatic heterocycles. The Bertz CT molecular complexity index is 803. The number of halogens is 1. The standard InChI is InChI=1S/C16H22N4O4.ClH/c1-24-11-9-17-7-8-18-14(21)6-10-20-13-5-3-2-4-12(13)15(22)19-16(20)23;/h2-5,17H,6-11H2,1H3,(H,18,21)(H,19,22,23);1H. The highest BCUT2D eigenvalue weighted by molar-refractivity contribution is 5.85. The first-order chi connectivity index (χ1) is 11.6. The highest BCUT2D eigenvalue weighted by Crippen LogP contribution is 2.06. The zero-order chi connectivity index (χ0) is 17.4. The fourth-order valence-electron chi connectivity index (χ4n) is 2.36. The van der Waals surface area contributed by atoms with Gasteiger partial charge in [-0.05, 0) is 12.1 Å². The predicted octanol–water partition coefficient (Wildman–Crippen LogP) is -0.146. The van der Waals surface area contributed by atoms with Crippen molar-refractivity contribution in [3.63, 3.8) is 0 Å². The van der Waals surface area contributed by atoms with Gasteiger partial charge in [0.1, 0.15) is 0 Å². The zero-order valence-electron chi connectivity index (χ0n) is 14.0. The van der Waals surface area contributed by atoms with E-state index in [1.54, 1.807) is 31.4 Å². The summed E-state index contributed by atoms with van der Waals surface area (Å²) >= 11 is 0. The third-order valence-electron chi connectivity index (χ3n) is 3.57. The molecular formula is C16H23ClN4O4. The second-order valence-electron chi connectivity index (χ2n) is 5.27. The van der Waals surface area contributed by atoms with Crippen LogP contribution in [0.2, 0.25) is 0 Å². The number of fused-ring (bicyclic) bond motifs is 1. The van der Waals surface area contributed by atoms with E-state index in [9.17, 15) is 14.4 Å². The third kappa shape index (κ3) is 6.00. The average molecular weight is 371 g/mol. The van der Waals surface area contributed by atoms with Gasteiger partial charge in [-0.15, -0.1) is 12.4 Å². The number of aromatic amines is 1. The summed E-state index contributed by atoms with van der Waals surface area (Å²) in [6.45, 7) is 2.71. The van der Waals surface area contributed by atoms with E-state index >= 15 is 0 Å². The molecule has 2 aromatic rings. The summed E-state index contributed by atoms with van der Waals surface area (Å²) < 4.78 is 6.31. The number of amides is 1. The van der Waals surface area contributed by atoms with Crippen LogP contribution in [0.5, 0.6) is 0 Å². The monoisotopic (exact) mass is 370 g/mol. The van der Waals surface area contributed by atoms with Gasteiger partial charge in [-0.3, -0.25) is 19.1 Å². The SMILES string of the molecule is COCCNCCNC(=O)CCn1c(=O)[nH]c(=O)c2ccccc21.Cl. The van der Waals surface area contributed by atoms with Crippen molar-refractivity contribution >= 4 is 29.2 Å². The first-order valence-corrected chi connectivity index (χ1v) is 7.81. The van der Waals surface area contributed by atoms with Gasteiger partial charge in [0, 0.05) is 39.7 Å². The van der Waals surface area contributed by atoms with Crippen molar-refractivity contribution in [1.29, 1.82) is 0 Å². The van der Waals surface area contributed by atoms with Crippen LogP contribution in [0, 0.1) is 0 Å². The zero-order valence-corrected chi connectivity index (χ0v) is 14.9. The second kappa shape index (κ2) is 10.7. The number of nitrogens with zero attached hydrogens (tertiary/aromatic N) is 1. The van der Waals surface area contributed by atoms with Crippen molar-refractivity contribution in [2.24, 2.45) is 0 Å². The Kier molecular flexibility index (Phi) is 8.90. The minimum Gasteiger partial charge on any atom is -0.383 e. The Morgan fingerprint density at radius 2 is 1.96 bits per heavy atom. The molecule has 0 saturated carbocycles. The molecular weight excluding hydrogens is 348 g/mol. The topological polar surface area (TPSA) is 105 Å². The Balaban J connectivity index is 0.00000312. The molecule has 1 aromatic heterocycles. The minimum absolute atomic E-state index is 0. The summed E-state index contributed by atoms with van der Waals surface area (Å²) in [5.41, 5.74) is -0.397. The number of carbonyl (C=O) groups excluding carboxylic acids is 1. The molecule has 0 atom stereocenters. The number of benzene rings is 1. The summed E-state index contributed by atoms with van der Waals surface area (Å²) in [5, 5.41) is 6.33. The van der Waals surface area contributed by atoms with Crippen molar-refractivity contribution in [2.75, 3.05) is 33.4 Å². The molecule has 0 saturated heterocycles. The minimum atomic E-state index is -0.507. The third-order valence-corrected chi connectivity index (χ3v) is 3.57. The fourth-order valence-corrected chi connectivity index (χ4v) is 2.36. The Morgan fingerprint density at radius 3 is 2.72 bits per heavy atom. The first-order valence-electron chi connectivity index (χ1n) is 7.81. The second-order valence-corrected chi connectivity index (χ2v) is 5.27. The normalized spacial score (nSPS) is 10.4. The molecule has 8 nitrogen and oxygen atoms in total. The van der Waals surface area contributed by atoms with Gasteiger partial charge >= 0.3 is 5.69 Å². The van der Waals surface area contributed by atoms with Gasteiger partial charge in [-0.25, -0.2) is 4.79 Å². The molecule has 138 valence electrons. The largest absolute Gasteiger partial charge is 0.383 e. The van der Waals surface area contributed by atoms with Crippen LogP contribution in [0.1, 0.15) is 6.42 Å². The molecule has 0 aliphatic rings. The van der Waals surface area contributed by atoms with Crippen molar-refractivity contribution in [2.45, 2.75) is 13.0 Å². The lowest BCUT2D eigenvalue weighted by molar-refractivity contribution is -0.121. The summed E-state index contributed by atoms with van der Waals surface area (Å²) in [6, 6.07) is 6.83. The Morgan fingerprint density at radius 1 is 1.20 bits per heavy atom. The van der Waals surface area contributed by atoms with E-state index < -0.39 is 11.2 Å². The van der Waals surface area contributed by atoms with E-state index in [-0.39, 0.29) is 31.3 Å². The Hall–Kier alpha value is -2.16. The number of hydrogen-bond donors (Lipinski definition) is 3. The number of rotatable bonds is 9. The molecule has 0 radical (unpaired) electrons. The lowest BCUT2D eigenvalue weighted by Gasteiger charge is -2.10. The number of H-pyrrole nitrogens is 1. The maximum Gasteiger partial charge on any atom is 0.328 e. The quantitative estimate of drug-likeness (QED) is 0.532. The number of hydrogen-bond acceptors (Lipinski definition) is 5. The number of ether oxygens (including phenoxy) is 1. The molecule has 0 spiro atoms. The van der Waals surface area contributed by atoms with Gasteiger partial charge < -0.3 is 15.4 Å². The number of aromatic nitrogens is 2. The van der Waals surface area contributed by atoms with Crippen LogP contribution in [-0.2, 0) is 16.1 Å². The van der Waals surface area contributed by atoms with Crippen LogP contribution in [0.4, 0.5) is 0 Å². The molecule has 9 heteroatoms. The van der Waals surface area contributed by atoms with Crippen LogP contribution in [0.25, 0.3) is 10.9 Å². The van der Waals surface area contributed by atoms with Crippen molar-refractivity contribution in [1.82, 2.24) is 20.2 Å². The molecule has 1 heterocycles. The summed E-state index contributed by atoms with van der Waals surface area (Å²) in [5.74, 6) is -0.147. The number of carbonyl (C=O) groups is 1. The van der Waals surface area contributed by atoms with Crippen LogP contribution in [0.15, 0.2) is 33.9 Å². The number of aryl methyl sites for hydroxylation is 1. The van der Waals surface area contributed by atoms with E-state index in [4.69, 9.17) is 4.74 Å². The molecule has 0 unspecified atom stereocenters. The highest BCUT2D eigenvalue weighted by atomic mass is 35.5. The van der Waals surface area contributed by atoms with Crippen LogP contribution in [0.3, 0.4) is 0 Å².